The van der Waals surface area contributed by atoms with Crippen LogP contribution in [0.5, 0.6) is 0 Å². The predicted molar refractivity (Wildman–Crippen MR) is 84.6 cm³/mol. The molecular weight excluding hydrogens is 336 g/mol. The average molecular weight is 349 g/mol. The number of carbonyl (C=O) groups is 2. The lowest BCUT2D eigenvalue weighted by Crippen LogP contribution is -2.16. The van der Waals surface area contributed by atoms with E-state index < -0.39 is 11.9 Å². The van der Waals surface area contributed by atoms with Crippen molar-refractivity contribution in [3.8, 4) is 0 Å². The number of carbonyl (C=O) groups excluding carboxylic acids is 1. The summed E-state index contributed by atoms with van der Waals surface area (Å²) >= 11 is 3.27. The molecule has 0 fully saturated rings. The SMILES string of the molecule is Cc1ccc(NC(=O)c2cc(Br)ccc2N)c(C(=O)O)c1. The summed E-state index contributed by atoms with van der Waals surface area (Å²) < 4.78 is 0.712. The van der Waals surface area contributed by atoms with E-state index in [1.165, 1.54) is 6.07 Å². The van der Waals surface area contributed by atoms with Gasteiger partial charge in [-0.05, 0) is 37.3 Å². The fourth-order valence-electron chi connectivity index (χ4n) is 1.86. The molecule has 1 amide bonds. The minimum Gasteiger partial charge on any atom is -0.478 e. The van der Waals surface area contributed by atoms with E-state index in [2.05, 4.69) is 21.2 Å². The molecule has 108 valence electrons. The summed E-state index contributed by atoms with van der Waals surface area (Å²) in [5.41, 5.74) is 7.44. The topological polar surface area (TPSA) is 92.4 Å². The van der Waals surface area contributed by atoms with Gasteiger partial charge in [0.2, 0.25) is 0 Å². The van der Waals surface area contributed by atoms with Gasteiger partial charge in [-0.2, -0.15) is 0 Å². The maximum Gasteiger partial charge on any atom is 0.337 e. The summed E-state index contributed by atoms with van der Waals surface area (Å²) in [5, 5.41) is 11.8. The Labute approximate surface area is 129 Å². The molecule has 0 aliphatic carbocycles. The second-order valence-corrected chi connectivity index (χ2v) is 5.46. The number of amides is 1. The first-order valence-corrected chi connectivity index (χ1v) is 6.88. The number of aromatic carboxylic acids is 1. The van der Waals surface area contributed by atoms with Crippen molar-refractivity contribution in [2.24, 2.45) is 0 Å². The minimum absolute atomic E-state index is 0.0388. The normalized spacial score (nSPS) is 10.2. The summed E-state index contributed by atoms with van der Waals surface area (Å²) in [5.74, 6) is -1.56. The molecule has 2 rings (SSSR count). The molecule has 5 nitrogen and oxygen atoms in total. The van der Waals surface area contributed by atoms with Crippen molar-refractivity contribution in [3.63, 3.8) is 0 Å². The third kappa shape index (κ3) is 3.41. The van der Waals surface area contributed by atoms with Gasteiger partial charge in [-0.15, -0.1) is 0 Å². The van der Waals surface area contributed by atoms with Gasteiger partial charge in [0.25, 0.3) is 5.91 Å². The van der Waals surface area contributed by atoms with E-state index >= 15 is 0 Å². The van der Waals surface area contributed by atoms with E-state index in [0.717, 1.165) is 5.56 Å². The van der Waals surface area contributed by atoms with Gasteiger partial charge in [0.1, 0.15) is 0 Å². The van der Waals surface area contributed by atoms with Gasteiger partial charge < -0.3 is 16.2 Å². The van der Waals surface area contributed by atoms with Gasteiger partial charge in [0, 0.05) is 10.2 Å². The molecule has 0 radical (unpaired) electrons. The Morgan fingerprint density at radius 1 is 1.14 bits per heavy atom. The van der Waals surface area contributed by atoms with Crippen LogP contribution in [-0.2, 0) is 0 Å². The van der Waals surface area contributed by atoms with Crippen LogP contribution in [0, 0.1) is 6.92 Å². The molecule has 0 bridgehead atoms. The number of rotatable bonds is 3. The fourth-order valence-corrected chi connectivity index (χ4v) is 2.22. The first kappa shape index (κ1) is 15.1. The maximum absolute atomic E-state index is 12.2. The number of hydrogen-bond donors (Lipinski definition) is 3. The summed E-state index contributed by atoms with van der Waals surface area (Å²) in [6.07, 6.45) is 0. The Kier molecular flexibility index (Phi) is 4.28. The van der Waals surface area contributed by atoms with E-state index in [4.69, 9.17) is 5.73 Å². The molecule has 2 aromatic carbocycles. The van der Waals surface area contributed by atoms with Gasteiger partial charge in [0.15, 0.2) is 0 Å². The molecule has 0 atom stereocenters. The van der Waals surface area contributed by atoms with E-state index in [9.17, 15) is 14.7 Å². The van der Waals surface area contributed by atoms with Crippen LogP contribution >= 0.6 is 15.9 Å². The minimum atomic E-state index is -1.10. The third-order valence-corrected chi connectivity index (χ3v) is 3.41. The maximum atomic E-state index is 12.2. The van der Waals surface area contributed by atoms with E-state index in [0.29, 0.717) is 10.2 Å². The van der Waals surface area contributed by atoms with Crippen molar-refractivity contribution in [2.45, 2.75) is 6.92 Å². The molecule has 21 heavy (non-hydrogen) atoms. The van der Waals surface area contributed by atoms with Crippen LogP contribution in [0.4, 0.5) is 11.4 Å². The highest BCUT2D eigenvalue weighted by molar-refractivity contribution is 9.10. The molecule has 0 unspecified atom stereocenters. The number of carboxylic acids is 1. The summed E-state index contributed by atoms with van der Waals surface area (Å²) in [6, 6.07) is 9.70. The van der Waals surface area contributed by atoms with Gasteiger partial charge in [-0.3, -0.25) is 4.79 Å². The molecule has 0 saturated carbocycles. The molecule has 0 spiro atoms. The number of benzene rings is 2. The van der Waals surface area contributed by atoms with Crippen LogP contribution < -0.4 is 11.1 Å². The van der Waals surface area contributed by atoms with E-state index in [1.54, 1.807) is 37.3 Å². The molecule has 0 aliphatic rings. The molecule has 0 heterocycles. The van der Waals surface area contributed by atoms with Crippen molar-refractivity contribution >= 4 is 39.2 Å². The van der Waals surface area contributed by atoms with Crippen LogP contribution in [-0.4, -0.2) is 17.0 Å². The highest BCUT2D eigenvalue weighted by Gasteiger charge is 2.15. The monoisotopic (exact) mass is 348 g/mol. The lowest BCUT2D eigenvalue weighted by Gasteiger charge is -2.11. The van der Waals surface area contributed by atoms with Gasteiger partial charge in [-0.25, -0.2) is 4.79 Å². The fraction of sp³-hybridized carbons (Fsp3) is 0.0667. The lowest BCUT2D eigenvalue weighted by atomic mass is 10.1. The highest BCUT2D eigenvalue weighted by atomic mass is 79.9. The van der Waals surface area contributed by atoms with Gasteiger partial charge in [0.05, 0.1) is 16.8 Å². The van der Waals surface area contributed by atoms with Crippen LogP contribution in [0.2, 0.25) is 0 Å². The second kappa shape index (κ2) is 5.97. The summed E-state index contributed by atoms with van der Waals surface area (Å²) in [7, 11) is 0. The van der Waals surface area contributed by atoms with Crippen LogP contribution in [0.1, 0.15) is 26.3 Å². The molecule has 0 aliphatic heterocycles. The number of nitrogens with one attached hydrogen (secondary N) is 1. The zero-order chi connectivity index (χ0) is 15.6. The Morgan fingerprint density at radius 2 is 1.86 bits per heavy atom. The number of nitrogens with two attached hydrogens (primary N) is 1. The van der Waals surface area contributed by atoms with Gasteiger partial charge >= 0.3 is 5.97 Å². The van der Waals surface area contributed by atoms with Crippen LogP contribution in [0.15, 0.2) is 40.9 Å². The Balaban J connectivity index is 2.36. The summed E-state index contributed by atoms with van der Waals surface area (Å²) in [6.45, 7) is 1.78. The van der Waals surface area contributed by atoms with Gasteiger partial charge in [-0.1, -0.05) is 27.6 Å². The van der Waals surface area contributed by atoms with Crippen LogP contribution in [0.25, 0.3) is 0 Å². The first-order chi connectivity index (χ1) is 9.88. The predicted octanol–water partition coefficient (Wildman–Crippen LogP) is 3.29. The standard InChI is InChI=1S/C15H13BrN2O3/c1-8-2-5-13(11(6-8)15(20)21)18-14(19)10-7-9(16)3-4-12(10)17/h2-7H,17H2,1H3,(H,18,19)(H,20,21). The second-order valence-electron chi connectivity index (χ2n) is 4.54. The largest absolute Gasteiger partial charge is 0.478 e. The zero-order valence-corrected chi connectivity index (χ0v) is 12.8. The number of hydrogen-bond acceptors (Lipinski definition) is 3. The number of aryl methyl sites for hydroxylation is 1. The molecule has 0 aromatic heterocycles. The Morgan fingerprint density at radius 3 is 2.52 bits per heavy atom. The number of nitrogen functional groups attached to an aromatic ring is 1. The van der Waals surface area contributed by atoms with Crippen molar-refractivity contribution in [1.82, 2.24) is 0 Å². The molecule has 6 heteroatoms. The highest BCUT2D eigenvalue weighted by Crippen LogP contribution is 2.22. The zero-order valence-electron chi connectivity index (χ0n) is 11.2. The number of anilines is 2. The third-order valence-electron chi connectivity index (χ3n) is 2.91. The molecular formula is C15H13BrN2O3. The lowest BCUT2D eigenvalue weighted by molar-refractivity contribution is 0.0698. The average Bonchev–Trinajstić information content (AvgIpc) is 2.43. The van der Waals surface area contributed by atoms with Crippen molar-refractivity contribution in [1.29, 1.82) is 0 Å². The Hall–Kier alpha value is -2.34. The smallest absolute Gasteiger partial charge is 0.337 e. The quantitative estimate of drug-likeness (QED) is 0.742. The first-order valence-electron chi connectivity index (χ1n) is 6.09. The molecule has 2 aromatic rings. The van der Waals surface area contributed by atoms with Crippen LogP contribution in [0.3, 0.4) is 0 Å². The molecule has 0 saturated heterocycles. The molecule has 4 N–H and O–H groups in total. The number of carboxylic acid groups (broad SMARTS) is 1. The van der Waals surface area contributed by atoms with E-state index in [1.807, 2.05) is 0 Å². The Bertz CT molecular complexity index is 729. The van der Waals surface area contributed by atoms with Crippen molar-refractivity contribution < 1.29 is 14.7 Å². The van der Waals surface area contributed by atoms with Crippen molar-refractivity contribution in [3.05, 3.63) is 57.6 Å². The summed E-state index contributed by atoms with van der Waals surface area (Å²) in [4.78, 5) is 23.5. The van der Waals surface area contributed by atoms with Crippen molar-refractivity contribution in [2.75, 3.05) is 11.1 Å². The number of halogens is 1. The van der Waals surface area contributed by atoms with E-state index in [-0.39, 0.29) is 16.8 Å².